The zero-order chi connectivity index (χ0) is 20.8. The molecular weight excluding hydrogens is 380 g/mol. The van der Waals surface area contributed by atoms with Crippen LogP contribution in [0.1, 0.15) is 17.4 Å². The van der Waals surface area contributed by atoms with Crippen LogP contribution in [0.5, 0.6) is 5.75 Å². The predicted octanol–water partition coefficient (Wildman–Crippen LogP) is 2.24. The van der Waals surface area contributed by atoms with Gasteiger partial charge in [-0.05, 0) is 40.3 Å². The van der Waals surface area contributed by atoms with E-state index in [4.69, 9.17) is 9.47 Å². The molecule has 0 amide bonds. The van der Waals surface area contributed by atoms with E-state index in [1.165, 1.54) is 5.69 Å². The maximum atomic E-state index is 5.34. The summed E-state index contributed by atoms with van der Waals surface area (Å²) < 4.78 is 12.4. The molecule has 0 N–H and O–H groups in total. The second-order valence-electron chi connectivity index (χ2n) is 7.29. The lowest BCUT2D eigenvalue weighted by Crippen LogP contribution is -2.48. The van der Waals surface area contributed by atoms with Crippen molar-refractivity contribution in [1.29, 1.82) is 0 Å². The lowest BCUT2D eigenvalue weighted by molar-refractivity contribution is 0.171. The lowest BCUT2D eigenvalue weighted by Gasteiger charge is -2.40. The van der Waals surface area contributed by atoms with Gasteiger partial charge >= 0.3 is 0 Å². The van der Waals surface area contributed by atoms with Crippen LogP contribution in [0.4, 0.5) is 5.69 Å². The second-order valence-corrected chi connectivity index (χ2v) is 7.29. The van der Waals surface area contributed by atoms with Crippen molar-refractivity contribution in [2.45, 2.75) is 12.6 Å². The SMILES string of the molecule is COCCn1nnnc1C(c1ccc(OC)cc1)N1CCN(c2ccccc2)CC1. The molecule has 2 heterocycles. The number of methoxy groups -OCH3 is 2. The van der Waals surface area contributed by atoms with Crippen molar-refractivity contribution in [3.8, 4) is 5.75 Å². The molecule has 3 aromatic rings. The highest BCUT2D eigenvalue weighted by atomic mass is 16.5. The van der Waals surface area contributed by atoms with Crippen LogP contribution >= 0.6 is 0 Å². The standard InChI is InChI=1S/C22H28N6O2/c1-29-17-16-28-22(23-24-25-28)21(18-8-10-20(30-2)11-9-18)27-14-12-26(13-15-27)19-6-4-3-5-7-19/h3-11,21H,12-17H2,1-2H3. The molecule has 0 bridgehead atoms. The molecule has 1 aliphatic rings. The Morgan fingerprint density at radius 1 is 0.933 bits per heavy atom. The number of hydrogen-bond donors (Lipinski definition) is 0. The summed E-state index contributed by atoms with van der Waals surface area (Å²) >= 11 is 0. The van der Waals surface area contributed by atoms with Gasteiger partial charge in [-0.25, -0.2) is 4.68 Å². The first-order valence-corrected chi connectivity index (χ1v) is 10.2. The highest BCUT2D eigenvalue weighted by Gasteiger charge is 2.30. The molecule has 0 spiro atoms. The number of benzene rings is 2. The van der Waals surface area contributed by atoms with E-state index in [9.17, 15) is 0 Å². The Morgan fingerprint density at radius 2 is 1.67 bits per heavy atom. The molecule has 1 saturated heterocycles. The van der Waals surface area contributed by atoms with Crippen LogP contribution in [0.25, 0.3) is 0 Å². The Labute approximate surface area is 177 Å². The number of nitrogens with zero attached hydrogens (tertiary/aromatic N) is 6. The van der Waals surface area contributed by atoms with Crippen molar-refractivity contribution in [2.24, 2.45) is 0 Å². The van der Waals surface area contributed by atoms with E-state index < -0.39 is 0 Å². The minimum Gasteiger partial charge on any atom is -0.497 e. The van der Waals surface area contributed by atoms with Crippen LogP contribution in [0.3, 0.4) is 0 Å². The van der Waals surface area contributed by atoms with E-state index in [2.05, 4.69) is 67.8 Å². The Balaban J connectivity index is 1.59. The van der Waals surface area contributed by atoms with Crippen molar-refractivity contribution >= 4 is 5.69 Å². The van der Waals surface area contributed by atoms with Gasteiger partial charge in [-0.3, -0.25) is 4.90 Å². The zero-order valence-electron chi connectivity index (χ0n) is 17.5. The van der Waals surface area contributed by atoms with Crippen molar-refractivity contribution in [1.82, 2.24) is 25.1 Å². The van der Waals surface area contributed by atoms with Gasteiger partial charge in [0.25, 0.3) is 0 Å². The third-order valence-electron chi connectivity index (χ3n) is 5.54. The summed E-state index contributed by atoms with van der Waals surface area (Å²) in [6.45, 7) is 4.93. The van der Waals surface area contributed by atoms with E-state index in [0.29, 0.717) is 13.2 Å². The Hall–Kier alpha value is -2.97. The van der Waals surface area contributed by atoms with Gasteiger partial charge in [0.05, 0.1) is 26.3 Å². The number of anilines is 1. The quantitative estimate of drug-likeness (QED) is 0.566. The Morgan fingerprint density at radius 3 is 2.33 bits per heavy atom. The fourth-order valence-electron chi connectivity index (χ4n) is 3.93. The van der Waals surface area contributed by atoms with Crippen molar-refractivity contribution in [3.05, 3.63) is 66.0 Å². The van der Waals surface area contributed by atoms with Crippen LogP contribution in [0.15, 0.2) is 54.6 Å². The fraction of sp³-hybridized carbons (Fsp3) is 0.409. The Kier molecular flexibility index (Phi) is 6.56. The smallest absolute Gasteiger partial charge is 0.173 e. The summed E-state index contributed by atoms with van der Waals surface area (Å²) in [5.41, 5.74) is 2.42. The van der Waals surface area contributed by atoms with Crippen molar-refractivity contribution in [2.75, 3.05) is 51.9 Å². The molecule has 2 aromatic carbocycles. The molecule has 0 aliphatic carbocycles. The second kappa shape index (κ2) is 9.69. The van der Waals surface area contributed by atoms with Crippen molar-refractivity contribution in [3.63, 3.8) is 0 Å². The Bertz CT molecular complexity index is 907. The number of ether oxygens (including phenoxy) is 2. The average Bonchev–Trinajstić information content (AvgIpc) is 3.27. The highest BCUT2D eigenvalue weighted by molar-refractivity contribution is 5.46. The number of para-hydroxylation sites is 1. The van der Waals surface area contributed by atoms with Crippen LogP contribution < -0.4 is 9.64 Å². The molecule has 1 unspecified atom stereocenters. The van der Waals surface area contributed by atoms with E-state index >= 15 is 0 Å². The summed E-state index contributed by atoms with van der Waals surface area (Å²) in [6, 6.07) is 18.7. The summed E-state index contributed by atoms with van der Waals surface area (Å²) in [5, 5.41) is 12.6. The fourth-order valence-corrected chi connectivity index (χ4v) is 3.93. The van der Waals surface area contributed by atoms with Gasteiger partial charge in [-0.15, -0.1) is 5.10 Å². The summed E-state index contributed by atoms with van der Waals surface area (Å²) in [7, 11) is 3.37. The largest absolute Gasteiger partial charge is 0.497 e. The van der Waals surface area contributed by atoms with E-state index in [-0.39, 0.29) is 6.04 Å². The van der Waals surface area contributed by atoms with Gasteiger partial charge in [0.15, 0.2) is 5.82 Å². The van der Waals surface area contributed by atoms with Crippen LogP contribution in [-0.4, -0.2) is 72.1 Å². The number of aromatic nitrogens is 4. The molecule has 8 nitrogen and oxygen atoms in total. The molecule has 1 aliphatic heterocycles. The maximum absolute atomic E-state index is 5.34. The normalized spacial score (nSPS) is 15.9. The minimum atomic E-state index is -0.0271. The van der Waals surface area contributed by atoms with Gasteiger partial charge in [0, 0.05) is 39.0 Å². The number of rotatable bonds is 8. The first kappa shape index (κ1) is 20.3. The number of piperazine rings is 1. The molecule has 1 aromatic heterocycles. The highest BCUT2D eigenvalue weighted by Crippen LogP contribution is 2.30. The van der Waals surface area contributed by atoms with E-state index in [1.807, 2.05) is 16.8 Å². The number of tetrazole rings is 1. The first-order valence-electron chi connectivity index (χ1n) is 10.2. The lowest BCUT2D eigenvalue weighted by atomic mass is 10.0. The molecule has 30 heavy (non-hydrogen) atoms. The zero-order valence-corrected chi connectivity index (χ0v) is 17.5. The molecule has 4 rings (SSSR count). The third-order valence-corrected chi connectivity index (χ3v) is 5.54. The molecular formula is C22H28N6O2. The molecule has 158 valence electrons. The van der Waals surface area contributed by atoms with Gasteiger partial charge < -0.3 is 14.4 Å². The van der Waals surface area contributed by atoms with Crippen molar-refractivity contribution < 1.29 is 9.47 Å². The van der Waals surface area contributed by atoms with Crippen LogP contribution in [0.2, 0.25) is 0 Å². The maximum Gasteiger partial charge on any atom is 0.173 e. The molecule has 0 radical (unpaired) electrons. The first-order chi connectivity index (χ1) is 14.8. The summed E-state index contributed by atoms with van der Waals surface area (Å²) in [4.78, 5) is 4.88. The molecule has 1 fully saturated rings. The molecule has 8 heteroatoms. The van der Waals surface area contributed by atoms with Gasteiger partial charge in [0.2, 0.25) is 0 Å². The molecule has 1 atom stereocenters. The van der Waals surface area contributed by atoms with Crippen LogP contribution in [-0.2, 0) is 11.3 Å². The number of hydrogen-bond acceptors (Lipinski definition) is 7. The predicted molar refractivity (Wildman–Crippen MR) is 115 cm³/mol. The van der Waals surface area contributed by atoms with E-state index in [0.717, 1.165) is 43.3 Å². The van der Waals surface area contributed by atoms with Crippen LogP contribution in [0, 0.1) is 0 Å². The monoisotopic (exact) mass is 408 g/mol. The third kappa shape index (κ3) is 4.44. The average molecular weight is 409 g/mol. The van der Waals surface area contributed by atoms with Gasteiger partial charge in [-0.2, -0.15) is 0 Å². The summed E-state index contributed by atoms with van der Waals surface area (Å²) in [5.74, 6) is 1.68. The van der Waals surface area contributed by atoms with E-state index in [1.54, 1.807) is 14.2 Å². The topological polar surface area (TPSA) is 68.5 Å². The summed E-state index contributed by atoms with van der Waals surface area (Å²) in [6.07, 6.45) is 0. The van der Waals surface area contributed by atoms with Gasteiger partial charge in [0.1, 0.15) is 5.75 Å². The molecule has 0 saturated carbocycles. The van der Waals surface area contributed by atoms with Gasteiger partial charge in [-0.1, -0.05) is 30.3 Å². The minimum absolute atomic E-state index is 0.0271.